The molecule has 0 bridgehead atoms. The average molecular weight is 634 g/mol. The average Bonchev–Trinajstić information content (AvgIpc) is 3.75. The Bertz CT molecular complexity index is 1500. The van der Waals surface area contributed by atoms with Gasteiger partial charge in [0.25, 0.3) is 5.56 Å². The number of aliphatic hydroxyl groups excluding tert-OH is 1. The molecule has 5 unspecified atom stereocenters. The number of esters is 1. The number of H-pyrrole nitrogens is 1. The van der Waals surface area contributed by atoms with Crippen LogP contribution >= 0.6 is 7.75 Å². The summed E-state index contributed by atoms with van der Waals surface area (Å²) in [5, 5.41) is 13.8. The molecule has 5 atom stereocenters. The Kier molecular flexibility index (Phi) is 11.0. The molecular formula is C30H40N3O10P. The number of aromatic nitrogens is 2. The third kappa shape index (κ3) is 7.77. The first kappa shape index (κ1) is 33.4. The van der Waals surface area contributed by atoms with Gasteiger partial charge in [0.1, 0.15) is 18.4 Å². The zero-order valence-electron chi connectivity index (χ0n) is 24.9. The molecule has 2 aromatic rings. The van der Waals surface area contributed by atoms with Gasteiger partial charge in [0.15, 0.2) is 11.5 Å². The molecule has 0 amide bonds. The summed E-state index contributed by atoms with van der Waals surface area (Å²) in [5.41, 5.74) is -1.14. The van der Waals surface area contributed by atoms with Crippen LogP contribution in [0.4, 0.5) is 0 Å². The zero-order valence-corrected chi connectivity index (χ0v) is 25.8. The molecule has 2 aliphatic rings. The van der Waals surface area contributed by atoms with Crippen molar-refractivity contribution in [2.24, 2.45) is 5.41 Å². The Labute approximate surface area is 255 Å². The van der Waals surface area contributed by atoms with E-state index >= 15 is 0 Å². The molecule has 44 heavy (non-hydrogen) atoms. The maximum atomic E-state index is 14.2. The molecule has 2 heterocycles. The first-order valence-electron chi connectivity index (χ1n) is 14.5. The van der Waals surface area contributed by atoms with E-state index in [-0.39, 0.29) is 18.1 Å². The van der Waals surface area contributed by atoms with Gasteiger partial charge in [0.2, 0.25) is 0 Å². The number of allylic oxidation sites excluding steroid dienone is 2. The Morgan fingerprint density at radius 1 is 1.25 bits per heavy atom. The molecule has 1 aromatic carbocycles. The zero-order chi connectivity index (χ0) is 31.9. The van der Waals surface area contributed by atoms with Crippen molar-refractivity contribution in [3.8, 4) is 11.5 Å². The van der Waals surface area contributed by atoms with E-state index in [1.54, 1.807) is 30.4 Å². The van der Waals surface area contributed by atoms with Crippen molar-refractivity contribution in [3.05, 3.63) is 82.2 Å². The molecule has 3 N–H and O–H groups in total. The summed E-state index contributed by atoms with van der Waals surface area (Å²) in [6.45, 7) is 8.63. The lowest BCUT2D eigenvalue weighted by atomic mass is 9.96. The van der Waals surface area contributed by atoms with Gasteiger partial charge in [-0.05, 0) is 63.1 Å². The second-order valence-corrected chi connectivity index (χ2v) is 12.6. The number of nitrogens with zero attached hydrogens (tertiary/aromatic N) is 1. The maximum absolute atomic E-state index is 14.2. The minimum atomic E-state index is -4.35. The van der Waals surface area contributed by atoms with Gasteiger partial charge in [-0.3, -0.25) is 23.7 Å². The number of hydrogen-bond acceptors (Lipinski definition) is 10. The minimum absolute atomic E-state index is 0.0883. The van der Waals surface area contributed by atoms with Crippen molar-refractivity contribution in [3.63, 3.8) is 0 Å². The summed E-state index contributed by atoms with van der Waals surface area (Å²) in [4.78, 5) is 39.0. The molecule has 1 spiro atoms. The van der Waals surface area contributed by atoms with Crippen LogP contribution in [0.3, 0.4) is 0 Å². The normalized spacial score (nSPS) is 22.1. The number of nitrogens with one attached hydrogen (secondary N) is 2. The highest BCUT2D eigenvalue weighted by Gasteiger charge is 2.64. The summed E-state index contributed by atoms with van der Waals surface area (Å²) in [6.07, 6.45) is 5.80. The third-order valence-corrected chi connectivity index (χ3v) is 9.29. The summed E-state index contributed by atoms with van der Waals surface area (Å²) < 4.78 is 43.9. The Morgan fingerprint density at radius 2 is 2.02 bits per heavy atom. The van der Waals surface area contributed by atoms with Crippen molar-refractivity contribution < 1.29 is 37.7 Å². The van der Waals surface area contributed by atoms with E-state index in [0.29, 0.717) is 25.7 Å². The molecule has 13 nitrogen and oxygen atoms in total. The Balaban J connectivity index is 1.52. The fourth-order valence-electron chi connectivity index (χ4n) is 5.11. The number of benzene rings is 1. The molecule has 1 saturated carbocycles. The van der Waals surface area contributed by atoms with Crippen molar-refractivity contribution in [2.75, 3.05) is 20.3 Å². The topological polar surface area (TPSA) is 167 Å². The molecule has 1 saturated heterocycles. The molecule has 1 aliphatic carbocycles. The van der Waals surface area contributed by atoms with Gasteiger partial charge in [-0.2, -0.15) is 5.09 Å². The van der Waals surface area contributed by atoms with Gasteiger partial charge in [0.05, 0.1) is 26.4 Å². The van der Waals surface area contributed by atoms with Crippen LogP contribution < -0.4 is 25.6 Å². The van der Waals surface area contributed by atoms with Gasteiger partial charge >= 0.3 is 19.4 Å². The highest BCUT2D eigenvalue weighted by molar-refractivity contribution is 7.52. The van der Waals surface area contributed by atoms with Crippen molar-refractivity contribution in [1.82, 2.24) is 14.6 Å². The van der Waals surface area contributed by atoms with E-state index in [2.05, 4.69) is 23.2 Å². The standard InChI is InChI=1S/C30H40N3O10P/c1-5-7-8-9-17-40-27(36)20(3)32-44(38,43-22-12-11-21(10-6-2)18-23(22)39-4)41-19-24-26(35)30(14-15-30)28(42-24)33-16-13-25(34)31-29(33)37/h5-6,11-13,16,18,20,24,26,28,35H,1-2,7-10,14-15,17,19H2,3-4H3,(H,32,38)(H,31,34,37). The smallest absolute Gasteiger partial charge is 0.459 e. The van der Waals surface area contributed by atoms with Crippen LogP contribution in [0.25, 0.3) is 0 Å². The van der Waals surface area contributed by atoms with Crippen LogP contribution in [-0.4, -0.2) is 59.2 Å². The minimum Gasteiger partial charge on any atom is -0.493 e. The van der Waals surface area contributed by atoms with Gasteiger partial charge in [0, 0.05) is 17.7 Å². The van der Waals surface area contributed by atoms with Crippen LogP contribution in [0.1, 0.15) is 50.8 Å². The first-order valence-corrected chi connectivity index (χ1v) is 16.0. The van der Waals surface area contributed by atoms with E-state index < -0.39 is 61.5 Å². The number of rotatable bonds is 17. The molecule has 14 heteroatoms. The molecule has 0 radical (unpaired) electrons. The van der Waals surface area contributed by atoms with Crippen LogP contribution in [0.2, 0.25) is 0 Å². The summed E-state index contributed by atoms with van der Waals surface area (Å²) in [6, 6.07) is 5.11. The van der Waals surface area contributed by atoms with Gasteiger partial charge in [-0.15, -0.1) is 13.2 Å². The number of hydrogen-bond donors (Lipinski definition) is 3. The monoisotopic (exact) mass is 633 g/mol. The molecule has 1 aromatic heterocycles. The molecule has 1 aliphatic heterocycles. The molecule has 240 valence electrons. The third-order valence-electron chi connectivity index (χ3n) is 7.66. The molecule has 2 fully saturated rings. The maximum Gasteiger partial charge on any atom is 0.459 e. The van der Waals surface area contributed by atoms with E-state index in [1.807, 2.05) is 0 Å². The molecule has 4 rings (SSSR count). The number of methoxy groups -OCH3 is 1. The Hall–Kier alpha value is -3.48. The second kappa shape index (κ2) is 14.5. The number of aliphatic hydroxyl groups is 1. The number of aromatic amines is 1. The van der Waals surface area contributed by atoms with Crippen molar-refractivity contribution >= 4 is 13.7 Å². The lowest BCUT2D eigenvalue weighted by molar-refractivity contribution is -0.145. The van der Waals surface area contributed by atoms with Crippen LogP contribution in [0.5, 0.6) is 11.5 Å². The van der Waals surface area contributed by atoms with Crippen molar-refractivity contribution in [1.29, 1.82) is 0 Å². The molecular weight excluding hydrogens is 593 g/mol. The quantitative estimate of drug-likeness (QED) is 0.101. The van der Waals surface area contributed by atoms with Crippen molar-refractivity contribution in [2.45, 2.75) is 69.9 Å². The summed E-state index contributed by atoms with van der Waals surface area (Å²) in [5.74, 6) is -0.291. The predicted molar refractivity (Wildman–Crippen MR) is 162 cm³/mol. The first-order chi connectivity index (χ1) is 21.1. The van der Waals surface area contributed by atoms with Crippen LogP contribution in [0.15, 0.2) is 65.4 Å². The van der Waals surface area contributed by atoms with Gasteiger partial charge < -0.3 is 23.8 Å². The number of ether oxygens (including phenoxy) is 3. The second-order valence-electron chi connectivity index (χ2n) is 10.9. The van der Waals surface area contributed by atoms with Crippen LogP contribution in [-0.2, 0) is 29.8 Å². The number of unbranched alkanes of at least 4 members (excludes halogenated alkanes) is 2. The van der Waals surface area contributed by atoms with Crippen LogP contribution in [0, 0.1) is 5.41 Å². The fourth-order valence-corrected chi connectivity index (χ4v) is 6.63. The fraction of sp³-hybridized carbons (Fsp3) is 0.500. The predicted octanol–water partition coefficient (Wildman–Crippen LogP) is 3.39. The highest BCUT2D eigenvalue weighted by Crippen LogP contribution is 2.62. The highest BCUT2D eigenvalue weighted by atomic mass is 31.2. The summed E-state index contributed by atoms with van der Waals surface area (Å²) in [7, 11) is -2.92. The lowest BCUT2D eigenvalue weighted by Gasteiger charge is -2.25. The van der Waals surface area contributed by atoms with Gasteiger partial charge in [-0.1, -0.05) is 18.2 Å². The summed E-state index contributed by atoms with van der Waals surface area (Å²) >= 11 is 0. The van der Waals surface area contributed by atoms with E-state index in [9.17, 15) is 24.1 Å². The van der Waals surface area contributed by atoms with Gasteiger partial charge in [-0.25, -0.2) is 9.36 Å². The van der Waals surface area contributed by atoms with E-state index in [4.69, 9.17) is 23.3 Å². The van der Waals surface area contributed by atoms with E-state index in [0.717, 1.165) is 18.4 Å². The number of carbonyl (C=O) groups excluding carboxylic acids is 1. The number of carbonyl (C=O) groups is 1. The Morgan fingerprint density at radius 3 is 2.68 bits per heavy atom. The van der Waals surface area contributed by atoms with E-state index in [1.165, 1.54) is 30.9 Å². The SMILES string of the molecule is C=CCCCCOC(=O)C(C)NP(=O)(OCC1OC(n2ccc(=O)[nH]c2=O)C2(CC2)C1O)Oc1ccc(CC=C)cc1OC. The lowest BCUT2D eigenvalue weighted by Crippen LogP contribution is -2.37. The largest absolute Gasteiger partial charge is 0.493 e.